The predicted molar refractivity (Wildman–Crippen MR) is 84.5 cm³/mol. The smallest absolute Gasteiger partial charge is 0.185 e. The van der Waals surface area contributed by atoms with E-state index in [9.17, 15) is 5.11 Å². The number of thiazole rings is 1. The molecule has 2 atom stereocenters. The van der Waals surface area contributed by atoms with E-state index in [0.717, 1.165) is 49.1 Å². The summed E-state index contributed by atoms with van der Waals surface area (Å²) >= 11 is 1.82. The molecule has 2 aliphatic rings. The van der Waals surface area contributed by atoms with E-state index in [1.165, 1.54) is 37.0 Å². The van der Waals surface area contributed by atoms with Gasteiger partial charge in [-0.15, -0.1) is 11.3 Å². The minimum Gasteiger partial charge on any atom is -0.387 e. The van der Waals surface area contributed by atoms with Gasteiger partial charge >= 0.3 is 0 Å². The molecule has 3 rings (SSSR count). The fourth-order valence-electron chi connectivity index (χ4n) is 3.57. The lowest BCUT2D eigenvalue weighted by Crippen LogP contribution is -2.24. The van der Waals surface area contributed by atoms with Crippen LogP contribution in [0.15, 0.2) is 0 Å². The van der Waals surface area contributed by atoms with Gasteiger partial charge in [-0.1, -0.05) is 19.8 Å². The molecule has 1 aromatic heterocycles. The fourth-order valence-corrected chi connectivity index (χ4v) is 4.78. The molecule has 0 radical (unpaired) electrons. The van der Waals surface area contributed by atoms with Crippen molar-refractivity contribution in [1.82, 2.24) is 4.98 Å². The minimum absolute atomic E-state index is 0.316. The molecule has 0 amide bonds. The highest BCUT2D eigenvalue weighted by Crippen LogP contribution is 2.37. The standard InChI is InChI=1S/C16H26N2OS/c1-2-5-12-6-4-10-18(11-9-12)16-17-15-13(19)7-3-8-14(15)20-16/h12-13,19H,2-11H2,1H3. The molecule has 112 valence electrons. The van der Waals surface area contributed by atoms with Crippen LogP contribution in [0.4, 0.5) is 5.13 Å². The maximum absolute atomic E-state index is 10.1. The highest BCUT2D eigenvalue weighted by Gasteiger charge is 2.25. The number of aliphatic hydroxyl groups excluding tert-OH is 1. The van der Waals surface area contributed by atoms with Crippen molar-refractivity contribution in [2.75, 3.05) is 18.0 Å². The Morgan fingerprint density at radius 3 is 2.95 bits per heavy atom. The van der Waals surface area contributed by atoms with Crippen molar-refractivity contribution in [3.8, 4) is 0 Å². The molecular formula is C16H26N2OS. The zero-order chi connectivity index (χ0) is 13.9. The van der Waals surface area contributed by atoms with Gasteiger partial charge in [0.25, 0.3) is 0 Å². The van der Waals surface area contributed by atoms with E-state index in [-0.39, 0.29) is 6.10 Å². The molecule has 0 aromatic carbocycles. The Morgan fingerprint density at radius 2 is 2.15 bits per heavy atom. The van der Waals surface area contributed by atoms with Crippen molar-refractivity contribution in [2.24, 2.45) is 5.92 Å². The van der Waals surface area contributed by atoms with Crippen LogP contribution in [-0.2, 0) is 6.42 Å². The normalized spacial score (nSPS) is 27.2. The summed E-state index contributed by atoms with van der Waals surface area (Å²) in [5.74, 6) is 0.908. The average Bonchev–Trinajstić information content (AvgIpc) is 2.74. The molecule has 1 fully saturated rings. The van der Waals surface area contributed by atoms with Crippen LogP contribution in [0.1, 0.15) is 68.5 Å². The largest absolute Gasteiger partial charge is 0.387 e. The van der Waals surface area contributed by atoms with Crippen LogP contribution in [0.3, 0.4) is 0 Å². The summed E-state index contributed by atoms with van der Waals surface area (Å²) in [6.45, 7) is 4.58. The zero-order valence-corrected chi connectivity index (χ0v) is 13.3. The summed E-state index contributed by atoms with van der Waals surface area (Å²) in [6.07, 6.45) is 9.43. The van der Waals surface area contributed by atoms with Gasteiger partial charge < -0.3 is 10.0 Å². The number of hydrogen-bond acceptors (Lipinski definition) is 4. The van der Waals surface area contributed by atoms with Gasteiger partial charge in [0.15, 0.2) is 5.13 Å². The first-order valence-electron chi connectivity index (χ1n) is 8.20. The molecule has 1 saturated heterocycles. The fraction of sp³-hybridized carbons (Fsp3) is 0.812. The number of hydrogen-bond donors (Lipinski definition) is 1. The van der Waals surface area contributed by atoms with Crippen molar-refractivity contribution in [3.63, 3.8) is 0 Å². The highest BCUT2D eigenvalue weighted by atomic mass is 32.1. The van der Waals surface area contributed by atoms with Crippen LogP contribution in [0.2, 0.25) is 0 Å². The second kappa shape index (κ2) is 6.44. The maximum Gasteiger partial charge on any atom is 0.185 e. The number of nitrogens with zero attached hydrogens (tertiary/aromatic N) is 2. The second-order valence-corrected chi connectivity index (χ2v) is 7.35. The Morgan fingerprint density at radius 1 is 1.25 bits per heavy atom. The van der Waals surface area contributed by atoms with Gasteiger partial charge in [0, 0.05) is 18.0 Å². The average molecular weight is 294 g/mol. The quantitative estimate of drug-likeness (QED) is 0.918. The second-order valence-electron chi connectivity index (χ2n) is 6.29. The summed E-state index contributed by atoms with van der Waals surface area (Å²) < 4.78 is 0. The Balaban J connectivity index is 1.70. The third-order valence-electron chi connectivity index (χ3n) is 4.73. The van der Waals surface area contributed by atoms with E-state index in [1.807, 2.05) is 11.3 Å². The molecule has 0 saturated carbocycles. The topological polar surface area (TPSA) is 36.4 Å². The number of anilines is 1. The van der Waals surface area contributed by atoms with Crippen LogP contribution in [0.5, 0.6) is 0 Å². The lowest BCUT2D eigenvalue weighted by atomic mass is 9.96. The monoisotopic (exact) mass is 294 g/mol. The SMILES string of the molecule is CCCC1CCCN(c2nc3c(s2)CCCC3O)CC1. The van der Waals surface area contributed by atoms with Crippen molar-refractivity contribution < 1.29 is 5.11 Å². The summed E-state index contributed by atoms with van der Waals surface area (Å²) in [5, 5.41) is 11.2. The first kappa shape index (κ1) is 14.3. The lowest BCUT2D eigenvalue weighted by molar-refractivity contribution is 0.153. The summed E-state index contributed by atoms with van der Waals surface area (Å²) in [4.78, 5) is 8.55. The van der Waals surface area contributed by atoms with Gasteiger partial charge in [0.05, 0.1) is 11.8 Å². The van der Waals surface area contributed by atoms with Crippen molar-refractivity contribution in [3.05, 3.63) is 10.6 Å². The summed E-state index contributed by atoms with van der Waals surface area (Å²) in [6, 6.07) is 0. The van der Waals surface area contributed by atoms with Gasteiger partial charge in [0.2, 0.25) is 0 Å². The zero-order valence-electron chi connectivity index (χ0n) is 12.5. The Bertz CT molecular complexity index is 446. The maximum atomic E-state index is 10.1. The van der Waals surface area contributed by atoms with E-state index in [0.29, 0.717) is 0 Å². The van der Waals surface area contributed by atoms with E-state index in [4.69, 9.17) is 4.98 Å². The van der Waals surface area contributed by atoms with E-state index < -0.39 is 0 Å². The molecule has 1 aromatic rings. The molecule has 2 heterocycles. The first-order chi connectivity index (χ1) is 9.78. The van der Waals surface area contributed by atoms with Gasteiger partial charge in [-0.05, 0) is 44.4 Å². The molecule has 4 heteroatoms. The first-order valence-corrected chi connectivity index (χ1v) is 9.02. The molecule has 1 aliphatic carbocycles. The van der Waals surface area contributed by atoms with Crippen LogP contribution >= 0.6 is 11.3 Å². The van der Waals surface area contributed by atoms with Gasteiger partial charge in [0.1, 0.15) is 0 Å². The van der Waals surface area contributed by atoms with E-state index in [2.05, 4.69) is 11.8 Å². The molecule has 3 nitrogen and oxygen atoms in total. The Hall–Kier alpha value is -0.610. The number of rotatable bonds is 3. The van der Waals surface area contributed by atoms with Crippen LogP contribution in [-0.4, -0.2) is 23.2 Å². The molecular weight excluding hydrogens is 268 g/mol. The molecule has 2 unspecified atom stereocenters. The number of fused-ring (bicyclic) bond motifs is 1. The molecule has 1 aliphatic heterocycles. The molecule has 1 N–H and O–H groups in total. The van der Waals surface area contributed by atoms with Gasteiger partial charge in [-0.2, -0.15) is 0 Å². The number of aryl methyl sites for hydroxylation is 1. The molecule has 0 spiro atoms. The van der Waals surface area contributed by atoms with E-state index >= 15 is 0 Å². The molecule has 20 heavy (non-hydrogen) atoms. The van der Waals surface area contributed by atoms with Crippen LogP contribution in [0.25, 0.3) is 0 Å². The number of aromatic nitrogens is 1. The Kier molecular flexibility index (Phi) is 4.61. The third kappa shape index (κ3) is 3.01. The van der Waals surface area contributed by atoms with Gasteiger partial charge in [-0.25, -0.2) is 4.98 Å². The summed E-state index contributed by atoms with van der Waals surface area (Å²) in [5.41, 5.74) is 0.977. The lowest BCUT2D eigenvalue weighted by Gasteiger charge is -2.19. The van der Waals surface area contributed by atoms with Gasteiger partial charge in [-0.3, -0.25) is 0 Å². The Labute approximate surface area is 126 Å². The van der Waals surface area contributed by atoms with E-state index in [1.54, 1.807) is 0 Å². The minimum atomic E-state index is -0.316. The highest BCUT2D eigenvalue weighted by molar-refractivity contribution is 7.15. The third-order valence-corrected chi connectivity index (χ3v) is 5.92. The van der Waals surface area contributed by atoms with Crippen LogP contribution < -0.4 is 4.90 Å². The van der Waals surface area contributed by atoms with Crippen molar-refractivity contribution in [1.29, 1.82) is 0 Å². The van der Waals surface area contributed by atoms with Crippen molar-refractivity contribution in [2.45, 2.75) is 64.4 Å². The predicted octanol–water partition coefficient (Wildman–Crippen LogP) is 3.92. The van der Waals surface area contributed by atoms with Crippen molar-refractivity contribution >= 4 is 16.5 Å². The molecule has 0 bridgehead atoms. The summed E-state index contributed by atoms with van der Waals surface area (Å²) in [7, 11) is 0. The number of aliphatic hydroxyl groups is 1. The van der Waals surface area contributed by atoms with Crippen LogP contribution in [0, 0.1) is 5.92 Å².